The predicted octanol–water partition coefficient (Wildman–Crippen LogP) is 3.29. The summed E-state index contributed by atoms with van der Waals surface area (Å²) in [5.41, 5.74) is 0.947. The molecule has 0 bridgehead atoms. The van der Waals surface area contributed by atoms with Gasteiger partial charge in [-0.25, -0.2) is 8.78 Å². The maximum Gasteiger partial charge on any atom is 0.159 e. The first-order valence-electron chi connectivity index (χ1n) is 5.57. The molecule has 16 heavy (non-hydrogen) atoms. The van der Waals surface area contributed by atoms with Crippen LogP contribution in [-0.2, 0) is 6.42 Å². The van der Waals surface area contributed by atoms with Crippen LogP contribution < -0.4 is 5.32 Å². The fraction of sp³-hybridized carbons (Fsp3) is 0.538. The zero-order chi connectivity index (χ0) is 12.2. The van der Waals surface area contributed by atoms with Gasteiger partial charge in [0, 0.05) is 5.54 Å². The van der Waals surface area contributed by atoms with E-state index in [0.717, 1.165) is 24.9 Å². The van der Waals surface area contributed by atoms with Crippen molar-refractivity contribution in [2.24, 2.45) is 0 Å². The van der Waals surface area contributed by atoms with Crippen LogP contribution in [0.15, 0.2) is 18.2 Å². The maximum atomic E-state index is 12.9. The fourth-order valence-corrected chi connectivity index (χ4v) is 1.45. The average Bonchev–Trinajstić information content (AvgIpc) is 2.17. The standard InChI is InChI=1S/C13H19F2N/c1-13(2,3)16-8-4-5-10-6-7-11(14)12(15)9-10/h6-7,9,16H,4-5,8H2,1-3H3. The molecule has 0 atom stereocenters. The number of hydrogen-bond acceptors (Lipinski definition) is 1. The van der Waals surface area contributed by atoms with E-state index in [1.165, 1.54) is 12.1 Å². The van der Waals surface area contributed by atoms with Crippen molar-refractivity contribution in [1.82, 2.24) is 5.32 Å². The summed E-state index contributed by atoms with van der Waals surface area (Å²) in [6.07, 6.45) is 1.68. The SMILES string of the molecule is CC(C)(C)NCCCc1ccc(F)c(F)c1. The zero-order valence-electron chi connectivity index (χ0n) is 10.1. The molecule has 0 amide bonds. The minimum Gasteiger partial charge on any atom is -0.312 e. The third-order valence-corrected chi connectivity index (χ3v) is 2.28. The van der Waals surface area contributed by atoms with Crippen LogP contribution >= 0.6 is 0 Å². The van der Waals surface area contributed by atoms with E-state index in [-0.39, 0.29) is 5.54 Å². The highest BCUT2D eigenvalue weighted by atomic mass is 19.2. The van der Waals surface area contributed by atoms with Crippen molar-refractivity contribution in [1.29, 1.82) is 0 Å². The van der Waals surface area contributed by atoms with Crippen molar-refractivity contribution in [3.05, 3.63) is 35.4 Å². The second-order valence-corrected chi connectivity index (χ2v) is 5.03. The summed E-state index contributed by atoms with van der Waals surface area (Å²) < 4.78 is 25.5. The minimum absolute atomic E-state index is 0.105. The van der Waals surface area contributed by atoms with Crippen molar-refractivity contribution in [3.8, 4) is 0 Å². The van der Waals surface area contributed by atoms with E-state index in [1.54, 1.807) is 6.07 Å². The van der Waals surface area contributed by atoms with Crippen LogP contribution in [0.4, 0.5) is 8.78 Å². The monoisotopic (exact) mass is 227 g/mol. The number of hydrogen-bond donors (Lipinski definition) is 1. The van der Waals surface area contributed by atoms with E-state index >= 15 is 0 Å². The Labute approximate surface area is 95.9 Å². The van der Waals surface area contributed by atoms with Gasteiger partial charge in [0.1, 0.15) is 0 Å². The van der Waals surface area contributed by atoms with Crippen molar-refractivity contribution >= 4 is 0 Å². The number of aryl methyl sites for hydroxylation is 1. The van der Waals surface area contributed by atoms with Crippen LogP contribution in [0.3, 0.4) is 0 Å². The molecular weight excluding hydrogens is 208 g/mol. The van der Waals surface area contributed by atoms with Gasteiger partial charge in [-0.3, -0.25) is 0 Å². The van der Waals surface area contributed by atoms with E-state index in [4.69, 9.17) is 0 Å². The highest BCUT2D eigenvalue weighted by Gasteiger charge is 2.07. The third-order valence-electron chi connectivity index (χ3n) is 2.28. The lowest BCUT2D eigenvalue weighted by atomic mass is 10.1. The second-order valence-electron chi connectivity index (χ2n) is 5.03. The minimum atomic E-state index is -0.781. The normalized spacial score (nSPS) is 11.8. The van der Waals surface area contributed by atoms with E-state index in [9.17, 15) is 8.78 Å². The number of rotatable bonds is 4. The highest BCUT2D eigenvalue weighted by molar-refractivity contribution is 5.17. The molecule has 0 unspecified atom stereocenters. The first kappa shape index (κ1) is 13.1. The van der Waals surface area contributed by atoms with Crippen molar-refractivity contribution < 1.29 is 8.78 Å². The summed E-state index contributed by atoms with van der Waals surface area (Å²) in [6.45, 7) is 7.18. The number of benzene rings is 1. The Hall–Kier alpha value is -0.960. The molecule has 0 saturated carbocycles. The van der Waals surface area contributed by atoms with Crippen molar-refractivity contribution in [3.63, 3.8) is 0 Å². The fourth-order valence-electron chi connectivity index (χ4n) is 1.45. The average molecular weight is 227 g/mol. The topological polar surface area (TPSA) is 12.0 Å². The van der Waals surface area contributed by atoms with E-state index in [2.05, 4.69) is 26.1 Å². The third kappa shape index (κ3) is 4.71. The Morgan fingerprint density at radius 2 is 1.81 bits per heavy atom. The summed E-state index contributed by atoms with van der Waals surface area (Å²) in [5.74, 6) is -1.54. The Bertz CT molecular complexity index is 342. The van der Waals surface area contributed by atoms with Crippen LogP contribution in [0.1, 0.15) is 32.8 Å². The summed E-state index contributed by atoms with van der Waals surface area (Å²) >= 11 is 0. The Balaban J connectivity index is 2.35. The van der Waals surface area contributed by atoms with E-state index in [0.29, 0.717) is 0 Å². The quantitative estimate of drug-likeness (QED) is 0.778. The molecule has 0 radical (unpaired) electrons. The number of nitrogens with one attached hydrogen (secondary N) is 1. The first-order chi connectivity index (χ1) is 7.38. The van der Waals surface area contributed by atoms with Crippen molar-refractivity contribution in [2.75, 3.05) is 6.54 Å². The second kappa shape index (κ2) is 5.39. The Morgan fingerprint density at radius 3 is 2.38 bits per heavy atom. The van der Waals surface area contributed by atoms with Crippen LogP contribution in [-0.4, -0.2) is 12.1 Å². The first-order valence-corrected chi connectivity index (χ1v) is 5.57. The molecule has 1 aromatic rings. The molecule has 90 valence electrons. The molecule has 0 aliphatic rings. The van der Waals surface area contributed by atoms with Gasteiger partial charge in [0.05, 0.1) is 0 Å². The van der Waals surface area contributed by atoms with Crippen LogP contribution in [0.25, 0.3) is 0 Å². The molecule has 0 aliphatic carbocycles. The molecule has 0 fully saturated rings. The van der Waals surface area contributed by atoms with Gasteiger partial charge >= 0.3 is 0 Å². The van der Waals surface area contributed by atoms with Gasteiger partial charge in [-0.1, -0.05) is 6.07 Å². The lowest BCUT2D eigenvalue weighted by Crippen LogP contribution is -2.36. The van der Waals surface area contributed by atoms with Crippen molar-refractivity contribution in [2.45, 2.75) is 39.2 Å². The summed E-state index contributed by atoms with van der Waals surface area (Å²) in [4.78, 5) is 0. The van der Waals surface area contributed by atoms with Crippen LogP contribution in [0.2, 0.25) is 0 Å². The van der Waals surface area contributed by atoms with Gasteiger partial charge in [0.15, 0.2) is 11.6 Å². The largest absolute Gasteiger partial charge is 0.312 e. The molecule has 0 spiro atoms. The summed E-state index contributed by atoms with van der Waals surface area (Å²) in [5, 5.41) is 3.35. The van der Waals surface area contributed by atoms with Gasteiger partial charge in [0.2, 0.25) is 0 Å². The predicted molar refractivity (Wildman–Crippen MR) is 62.4 cm³/mol. The lowest BCUT2D eigenvalue weighted by Gasteiger charge is -2.20. The van der Waals surface area contributed by atoms with E-state index in [1.807, 2.05) is 0 Å². The van der Waals surface area contributed by atoms with Crippen LogP contribution in [0.5, 0.6) is 0 Å². The van der Waals surface area contributed by atoms with Gasteiger partial charge < -0.3 is 5.32 Å². The molecule has 0 aromatic heterocycles. The molecular formula is C13H19F2N. The smallest absolute Gasteiger partial charge is 0.159 e. The summed E-state index contributed by atoms with van der Waals surface area (Å²) in [7, 11) is 0. The van der Waals surface area contributed by atoms with E-state index < -0.39 is 11.6 Å². The van der Waals surface area contributed by atoms with Crippen LogP contribution in [0, 0.1) is 11.6 Å². The molecule has 0 heterocycles. The Morgan fingerprint density at radius 1 is 1.12 bits per heavy atom. The van der Waals surface area contributed by atoms with Gasteiger partial charge in [0.25, 0.3) is 0 Å². The molecule has 1 aromatic carbocycles. The highest BCUT2D eigenvalue weighted by Crippen LogP contribution is 2.10. The Kier molecular flexibility index (Phi) is 4.42. The molecule has 1 nitrogen and oxygen atoms in total. The molecule has 0 saturated heterocycles. The molecule has 1 N–H and O–H groups in total. The zero-order valence-corrected chi connectivity index (χ0v) is 10.1. The van der Waals surface area contributed by atoms with Gasteiger partial charge in [-0.2, -0.15) is 0 Å². The lowest BCUT2D eigenvalue weighted by molar-refractivity contribution is 0.422. The molecule has 1 rings (SSSR count). The molecule has 0 aliphatic heterocycles. The summed E-state index contributed by atoms with van der Waals surface area (Å²) in [6, 6.07) is 4.09. The van der Waals surface area contributed by atoms with Gasteiger partial charge in [-0.15, -0.1) is 0 Å². The van der Waals surface area contributed by atoms with Gasteiger partial charge in [-0.05, 0) is 57.9 Å². The molecule has 3 heteroatoms. The maximum absolute atomic E-state index is 12.9. The number of halogens is 2.